The molecule has 12 heavy (non-hydrogen) atoms. The Labute approximate surface area is 80.8 Å². The molecular formula is C9H6ClNS. The zero-order chi connectivity index (χ0) is 8.55. The lowest BCUT2D eigenvalue weighted by atomic mass is 10.2. The number of benzene rings is 1. The van der Waals surface area contributed by atoms with Crippen molar-refractivity contribution in [3.05, 3.63) is 35.5 Å². The van der Waals surface area contributed by atoms with E-state index in [-0.39, 0.29) is 0 Å². The van der Waals surface area contributed by atoms with Crippen LogP contribution >= 0.6 is 24.2 Å². The minimum atomic E-state index is 0.695. The van der Waals surface area contributed by atoms with E-state index < -0.39 is 0 Å². The highest BCUT2D eigenvalue weighted by Gasteiger charge is 1.99. The van der Waals surface area contributed by atoms with Crippen molar-refractivity contribution in [1.82, 2.24) is 4.98 Å². The van der Waals surface area contributed by atoms with Crippen molar-refractivity contribution in [3.8, 4) is 0 Å². The van der Waals surface area contributed by atoms with Gasteiger partial charge in [0.1, 0.15) is 0 Å². The van der Waals surface area contributed by atoms with Crippen molar-refractivity contribution in [2.45, 2.75) is 4.90 Å². The molecule has 1 aromatic carbocycles. The molecule has 0 amide bonds. The van der Waals surface area contributed by atoms with Crippen molar-refractivity contribution in [3.63, 3.8) is 0 Å². The Morgan fingerprint density at radius 2 is 2.17 bits per heavy atom. The van der Waals surface area contributed by atoms with E-state index in [0.29, 0.717) is 5.02 Å². The maximum absolute atomic E-state index is 5.85. The molecule has 1 aromatic heterocycles. The summed E-state index contributed by atoms with van der Waals surface area (Å²) in [7, 11) is 0. The fraction of sp³-hybridized carbons (Fsp3) is 0. The number of hydrogen-bond acceptors (Lipinski definition) is 2. The van der Waals surface area contributed by atoms with E-state index in [4.69, 9.17) is 11.6 Å². The number of rotatable bonds is 0. The Morgan fingerprint density at radius 3 is 3.00 bits per heavy atom. The van der Waals surface area contributed by atoms with Crippen LogP contribution in [0.15, 0.2) is 35.4 Å². The average Bonchev–Trinajstić information content (AvgIpc) is 2.04. The third-order valence-corrected chi connectivity index (χ3v) is 2.21. The van der Waals surface area contributed by atoms with Gasteiger partial charge in [-0.1, -0.05) is 17.7 Å². The van der Waals surface area contributed by atoms with E-state index in [1.54, 1.807) is 12.3 Å². The number of pyridine rings is 1. The molecule has 0 saturated carbocycles. The number of halogens is 1. The summed E-state index contributed by atoms with van der Waals surface area (Å²) in [6.07, 6.45) is 1.75. The lowest BCUT2D eigenvalue weighted by Gasteiger charge is -1.99. The lowest BCUT2D eigenvalue weighted by molar-refractivity contribution is 1.36. The van der Waals surface area contributed by atoms with E-state index in [2.05, 4.69) is 17.6 Å². The molecule has 0 bridgehead atoms. The summed E-state index contributed by atoms with van der Waals surface area (Å²) < 4.78 is 0. The van der Waals surface area contributed by atoms with Crippen LogP contribution in [-0.2, 0) is 0 Å². The van der Waals surface area contributed by atoms with Gasteiger partial charge in [0, 0.05) is 21.5 Å². The minimum absolute atomic E-state index is 0.695. The molecule has 0 spiro atoms. The molecule has 0 saturated heterocycles. The fourth-order valence-corrected chi connectivity index (χ4v) is 1.77. The van der Waals surface area contributed by atoms with Crippen molar-refractivity contribution in [2.75, 3.05) is 0 Å². The van der Waals surface area contributed by atoms with Crippen molar-refractivity contribution < 1.29 is 0 Å². The molecule has 1 nitrogen and oxygen atoms in total. The molecule has 2 aromatic rings. The summed E-state index contributed by atoms with van der Waals surface area (Å²) in [6.45, 7) is 0. The summed E-state index contributed by atoms with van der Waals surface area (Å²) in [5, 5.41) is 1.72. The molecule has 1 heterocycles. The highest BCUT2D eigenvalue weighted by atomic mass is 35.5. The molecule has 2 rings (SSSR count). The molecule has 0 atom stereocenters. The normalized spacial score (nSPS) is 10.5. The molecule has 0 aliphatic heterocycles. The molecule has 0 N–H and O–H groups in total. The van der Waals surface area contributed by atoms with Crippen LogP contribution in [0, 0.1) is 0 Å². The van der Waals surface area contributed by atoms with Gasteiger partial charge in [0.05, 0.1) is 5.52 Å². The SMILES string of the molecule is Sc1cc(Cl)cc2cccnc12. The minimum Gasteiger partial charge on any atom is -0.255 e. The van der Waals surface area contributed by atoms with Gasteiger partial charge in [0.15, 0.2) is 0 Å². The van der Waals surface area contributed by atoms with Crippen LogP contribution in [0.3, 0.4) is 0 Å². The molecule has 0 aliphatic rings. The van der Waals surface area contributed by atoms with E-state index in [9.17, 15) is 0 Å². The monoisotopic (exact) mass is 195 g/mol. The first-order valence-corrected chi connectivity index (χ1v) is 4.33. The van der Waals surface area contributed by atoms with Gasteiger partial charge in [-0.3, -0.25) is 4.98 Å². The second kappa shape index (κ2) is 2.96. The maximum atomic E-state index is 5.85. The first kappa shape index (κ1) is 7.90. The Kier molecular flexibility index (Phi) is 1.95. The van der Waals surface area contributed by atoms with E-state index >= 15 is 0 Å². The lowest BCUT2D eigenvalue weighted by Crippen LogP contribution is -1.79. The van der Waals surface area contributed by atoms with Gasteiger partial charge >= 0.3 is 0 Å². The Bertz CT molecular complexity index is 428. The maximum Gasteiger partial charge on any atom is 0.0836 e. The van der Waals surface area contributed by atoms with Crippen LogP contribution in [0.2, 0.25) is 5.02 Å². The largest absolute Gasteiger partial charge is 0.255 e. The topological polar surface area (TPSA) is 12.9 Å². The van der Waals surface area contributed by atoms with Crippen molar-refractivity contribution in [2.24, 2.45) is 0 Å². The van der Waals surface area contributed by atoms with Gasteiger partial charge in [-0.05, 0) is 18.2 Å². The van der Waals surface area contributed by atoms with Crippen LogP contribution in [0.4, 0.5) is 0 Å². The molecular weight excluding hydrogens is 190 g/mol. The Morgan fingerprint density at radius 1 is 1.33 bits per heavy atom. The van der Waals surface area contributed by atoms with Gasteiger partial charge in [-0.2, -0.15) is 0 Å². The quantitative estimate of drug-likeness (QED) is 0.638. The number of fused-ring (bicyclic) bond motifs is 1. The number of thiol groups is 1. The van der Waals surface area contributed by atoms with E-state index in [1.165, 1.54) is 0 Å². The highest BCUT2D eigenvalue weighted by molar-refractivity contribution is 7.80. The third-order valence-electron chi connectivity index (χ3n) is 1.65. The van der Waals surface area contributed by atoms with Gasteiger partial charge < -0.3 is 0 Å². The van der Waals surface area contributed by atoms with E-state index in [0.717, 1.165) is 15.8 Å². The predicted molar refractivity (Wildman–Crippen MR) is 54.0 cm³/mol. The Hall–Kier alpha value is -0.730. The smallest absolute Gasteiger partial charge is 0.0836 e. The van der Waals surface area contributed by atoms with Crippen LogP contribution in [0.5, 0.6) is 0 Å². The van der Waals surface area contributed by atoms with Gasteiger partial charge in [-0.15, -0.1) is 12.6 Å². The van der Waals surface area contributed by atoms with Gasteiger partial charge in [0.25, 0.3) is 0 Å². The van der Waals surface area contributed by atoms with Crippen LogP contribution < -0.4 is 0 Å². The standard InChI is InChI=1S/C9H6ClNS/c10-7-4-6-2-1-3-11-9(6)8(12)5-7/h1-5,12H. The number of nitrogens with zero attached hydrogens (tertiary/aromatic N) is 1. The average molecular weight is 196 g/mol. The van der Waals surface area contributed by atoms with Crippen molar-refractivity contribution in [1.29, 1.82) is 0 Å². The third kappa shape index (κ3) is 1.28. The molecule has 0 radical (unpaired) electrons. The zero-order valence-electron chi connectivity index (χ0n) is 6.16. The number of aromatic nitrogens is 1. The van der Waals surface area contributed by atoms with Crippen molar-refractivity contribution >= 4 is 35.1 Å². The van der Waals surface area contributed by atoms with Gasteiger partial charge in [-0.25, -0.2) is 0 Å². The fourth-order valence-electron chi connectivity index (χ4n) is 1.14. The first-order valence-electron chi connectivity index (χ1n) is 3.50. The van der Waals surface area contributed by atoms with Gasteiger partial charge in [0.2, 0.25) is 0 Å². The summed E-state index contributed by atoms with van der Waals surface area (Å²) in [4.78, 5) is 5.00. The van der Waals surface area contributed by atoms with Crippen LogP contribution in [-0.4, -0.2) is 4.98 Å². The van der Waals surface area contributed by atoms with Crippen LogP contribution in [0.25, 0.3) is 10.9 Å². The highest BCUT2D eigenvalue weighted by Crippen LogP contribution is 2.24. The number of hydrogen-bond donors (Lipinski definition) is 1. The summed E-state index contributed by atoms with van der Waals surface area (Å²) in [5.41, 5.74) is 0.894. The molecule has 0 aliphatic carbocycles. The zero-order valence-corrected chi connectivity index (χ0v) is 7.81. The molecule has 0 unspecified atom stereocenters. The second-order valence-electron chi connectivity index (χ2n) is 2.50. The summed E-state index contributed by atoms with van der Waals surface area (Å²) in [5.74, 6) is 0. The first-order chi connectivity index (χ1) is 5.77. The van der Waals surface area contributed by atoms with E-state index in [1.807, 2.05) is 18.2 Å². The Balaban J connectivity index is 2.89. The summed E-state index contributed by atoms with van der Waals surface area (Å²) >= 11 is 10.1. The second-order valence-corrected chi connectivity index (χ2v) is 3.42. The molecule has 60 valence electrons. The predicted octanol–water partition coefficient (Wildman–Crippen LogP) is 3.18. The molecule has 0 fully saturated rings. The van der Waals surface area contributed by atoms with Crippen LogP contribution in [0.1, 0.15) is 0 Å². The summed E-state index contributed by atoms with van der Waals surface area (Å²) in [6, 6.07) is 7.52. The molecule has 3 heteroatoms.